The highest BCUT2D eigenvalue weighted by atomic mass is 32.2. The predicted octanol–water partition coefficient (Wildman–Crippen LogP) is 3.96. The first-order valence-electron chi connectivity index (χ1n) is 10.2. The van der Waals surface area contributed by atoms with Crippen molar-refractivity contribution in [1.82, 2.24) is 5.32 Å². The van der Waals surface area contributed by atoms with Crippen molar-refractivity contribution in [3.8, 4) is 5.75 Å². The molecule has 0 radical (unpaired) electrons. The third-order valence-electron chi connectivity index (χ3n) is 5.26. The lowest BCUT2D eigenvalue weighted by atomic mass is 9.89. The molecular weight excluding hydrogens is 400 g/mol. The lowest BCUT2D eigenvalue weighted by Gasteiger charge is -2.37. The van der Waals surface area contributed by atoms with Gasteiger partial charge in [-0.3, -0.25) is 9.10 Å². The van der Waals surface area contributed by atoms with Crippen LogP contribution in [-0.2, 0) is 14.8 Å². The summed E-state index contributed by atoms with van der Waals surface area (Å²) in [5.41, 5.74) is 2.14. The molecule has 1 unspecified atom stereocenters. The Balaban J connectivity index is 1.64. The number of ether oxygens (including phenoxy) is 1. The zero-order valence-corrected chi connectivity index (χ0v) is 18.8. The molecule has 0 aliphatic carbocycles. The lowest BCUT2D eigenvalue weighted by Crippen LogP contribution is -2.41. The second kappa shape index (κ2) is 8.68. The van der Waals surface area contributed by atoms with Crippen LogP contribution in [0.5, 0.6) is 5.75 Å². The molecule has 0 spiro atoms. The van der Waals surface area contributed by atoms with Gasteiger partial charge in [-0.15, -0.1) is 0 Å². The number of anilines is 1. The topological polar surface area (TPSA) is 75.7 Å². The highest BCUT2D eigenvalue weighted by Gasteiger charge is 2.34. The number of fused-ring (bicyclic) bond motifs is 1. The first kappa shape index (κ1) is 22.2. The van der Waals surface area contributed by atoms with Crippen LogP contribution < -0.4 is 14.4 Å². The third kappa shape index (κ3) is 5.33. The van der Waals surface area contributed by atoms with E-state index >= 15 is 0 Å². The Bertz CT molecular complexity index is 1020. The van der Waals surface area contributed by atoms with E-state index in [2.05, 4.69) is 5.32 Å². The number of nitrogens with zero attached hydrogens (tertiary/aromatic N) is 1. The molecule has 1 aliphatic heterocycles. The summed E-state index contributed by atoms with van der Waals surface area (Å²) in [4.78, 5) is 12.6. The second-order valence-electron chi connectivity index (χ2n) is 8.45. The average Bonchev–Trinajstić information content (AvgIpc) is 2.64. The highest BCUT2D eigenvalue weighted by Crippen LogP contribution is 2.39. The number of aryl methyl sites for hydroxylation is 1. The Morgan fingerprint density at radius 1 is 1.17 bits per heavy atom. The van der Waals surface area contributed by atoms with Gasteiger partial charge in [0.1, 0.15) is 11.4 Å². The zero-order valence-electron chi connectivity index (χ0n) is 18.0. The summed E-state index contributed by atoms with van der Waals surface area (Å²) in [6.07, 6.45) is 2.55. The molecule has 0 saturated heterocycles. The molecule has 6 nitrogen and oxygen atoms in total. The number of hydrogen-bond donors (Lipinski definition) is 1. The highest BCUT2D eigenvalue weighted by molar-refractivity contribution is 7.92. The van der Waals surface area contributed by atoms with Crippen LogP contribution in [0.1, 0.15) is 50.3 Å². The van der Waals surface area contributed by atoms with Crippen LogP contribution in [0.15, 0.2) is 48.5 Å². The van der Waals surface area contributed by atoms with Crippen molar-refractivity contribution in [2.75, 3.05) is 17.1 Å². The molecule has 1 N–H and O–H groups in total. The van der Waals surface area contributed by atoms with Gasteiger partial charge in [-0.05, 0) is 44.9 Å². The number of rotatable bonds is 7. The second-order valence-corrected chi connectivity index (χ2v) is 10.4. The molecule has 30 heavy (non-hydrogen) atoms. The van der Waals surface area contributed by atoms with E-state index in [1.807, 2.05) is 63.2 Å². The molecule has 0 fully saturated rings. The van der Waals surface area contributed by atoms with Gasteiger partial charge in [-0.2, -0.15) is 0 Å². The minimum absolute atomic E-state index is 0.0919. The smallest absolute Gasteiger partial charge is 0.232 e. The van der Waals surface area contributed by atoms with Crippen LogP contribution in [0, 0.1) is 6.92 Å². The molecule has 7 heteroatoms. The van der Waals surface area contributed by atoms with Crippen LogP contribution in [0.3, 0.4) is 0 Å². The summed E-state index contributed by atoms with van der Waals surface area (Å²) in [6.45, 7) is 6.15. The van der Waals surface area contributed by atoms with E-state index < -0.39 is 10.0 Å². The normalized spacial score (nSPS) is 17.5. The number of sulfonamides is 1. The molecule has 2 aromatic carbocycles. The Labute approximate surface area is 179 Å². The number of para-hydroxylation sites is 2. The third-order valence-corrected chi connectivity index (χ3v) is 6.44. The van der Waals surface area contributed by atoms with Crippen molar-refractivity contribution in [1.29, 1.82) is 0 Å². The summed E-state index contributed by atoms with van der Waals surface area (Å²) in [5.74, 6) is 0.701. The quantitative estimate of drug-likeness (QED) is 0.721. The average molecular weight is 431 g/mol. The first-order chi connectivity index (χ1) is 14.1. The van der Waals surface area contributed by atoms with Crippen molar-refractivity contribution < 1.29 is 17.9 Å². The summed E-state index contributed by atoms with van der Waals surface area (Å²) >= 11 is 0. The SMILES string of the molecule is Cc1ccccc1N(CCCC(=O)NC1CC(C)(C)Oc2ccccc21)S(C)(=O)=O. The number of carbonyl (C=O) groups excluding carboxylic acids is 1. The Morgan fingerprint density at radius 2 is 1.83 bits per heavy atom. The Kier molecular flexibility index (Phi) is 6.41. The van der Waals surface area contributed by atoms with E-state index in [4.69, 9.17) is 4.74 Å². The first-order valence-corrected chi connectivity index (χ1v) is 12.0. The number of nitrogens with one attached hydrogen (secondary N) is 1. The van der Waals surface area contributed by atoms with Gasteiger partial charge in [0.2, 0.25) is 15.9 Å². The van der Waals surface area contributed by atoms with Crippen molar-refractivity contribution in [2.24, 2.45) is 0 Å². The maximum absolute atomic E-state index is 12.6. The largest absolute Gasteiger partial charge is 0.487 e. The maximum Gasteiger partial charge on any atom is 0.232 e. The van der Waals surface area contributed by atoms with E-state index in [1.165, 1.54) is 10.6 Å². The van der Waals surface area contributed by atoms with Crippen molar-refractivity contribution >= 4 is 21.6 Å². The molecule has 162 valence electrons. The summed E-state index contributed by atoms with van der Waals surface area (Å²) < 4.78 is 32.0. The van der Waals surface area contributed by atoms with Gasteiger partial charge < -0.3 is 10.1 Å². The van der Waals surface area contributed by atoms with Gasteiger partial charge in [-0.1, -0.05) is 36.4 Å². The molecule has 1 amide bonds. The minimum Gasteiger partial charge on any atom is -0.487 e. The molecule has 0 saturated carbocycles. The minimum atomic E-state index is -3.44. The van der Waals surface area contributed by atoms with Gasteiger partial charge >= 0.3 is 0 Å². The molecular formula is C23H30N2O4S. The number of carbonyl (C=O) groups is 1. The van der Waals surface area contributed by atoms with Crippen LogP contribution in [-0.4, -0.2) is 32.7 Å². The van der Waals surface area contributed by atoms with Crippen LogP contribution >= 0.6 is 0 Å². The molecule has 1 heterocycles. The molecule has 1 aliphatic rings. The van der Waals surface area contributed by atoms with Crippen LogP contribution in [0.25, 0.3) is 0 Å². The number of benzene rings is 2. The van der Waals surface area contributed by atoms with Crippen molar-refractivity contribution in [3.05, 3.63) is 59.7 Å². The fourth-order valence-corrected chi connectivity index (χ4v) is 4.91. The summed E-state index contributed by atoms with van der Waals surface area (Å²) in [5, 5.41) is 3.11. The van der Waals surface area contributed by atoms with Crippen molar-refractivity contribution in [3.63, 3.8) is 0 Å². The fourth-order valence-electron chi connectivity index (χ4n) is 3.89. The monoisotopic (exact) mass is 430 g/mol. The molecule has 0 aromatic heterocycles. The van der Waals surface area contributed by atoms with Gasteiger partial charge in [0.25, 0.3) is 0 Å². The zero-order chi connectivity index (χ0) is 21.9. The summed E-state index contributed by atoms with van der Waals surface area (Å²) in [6, 6.07) is 15.0. The predicted molar refractivity (Wildman–Crippen MR) is 119 cm³/mol. The van der Waals surface area contributed by atoms with Crippen LogP contribution in [0.4, 0.5) is 5.69 Å². The molecule has 0 bridgehead atoms. The van der Waals surface area contributed by atoms with E-state index in [0.717, 1.165) is 16.9 Å². The van der Waals surface area contributed by atoms with E-state index in [1.54, 1.807) is 6.07 Å². The molecule has 3 rings (SSSR count). The summed E-state index contributed by atoms with van der Waals surface area (Å²) in [7, 11) is -3.44. The Morgan fingerprint density at radius 3 is 2.53 bits per heavy atom. The number of amides is 1. The van der Waals surface area contributed by atoms with E-state index in [0.29, 0.717) is 18.5 Å². The van der Waals surface area contributed by atoms with Gasteiger partial charge in [0.05, 0.1) is 18.0 Å². The standard InChI is InChI=1S/C23H30N2O4S/c1-17-10-5-7-12-20(17)25(30(4,27)28)15-9-14-22(26)24-19-16-23(2,3)29-21-13-8-6-11-18(19)21/h5-8,10-13,19H,9,14-16H2,1-4H3,(H,24,26). The van der Waals surface area contributed by atoms with Crippen molar-refractivity contribution in [2.45, 2.75) is 51.7 Å². The van der Waals surface area contributed by atoms with Gasteiger partial charge in [0.15, 0.2) is 0 Å². The van der Waals surface area contributed by atoms with Gasteiger partial charge in [-0.25, -0.2) is 8.42 Å². The fraction of sp³-hybridized carbons (Fsp3) is 0.435. The maximum atomic E-state index is 12.6. The van der Waals surface area contributed by atoms with Crippen LogP contribution in [0.2, 0.25) is 0 Å². The van der Waals surface area contributed by atoms with E-state index in [9.17, 15) is 13.2 Å². The Hall–Kier alpha value is -2.54. The lowest BCUT2D eigenvalue weighted by molar-refractivity contribution is -0.122. The molecule has 2 aromatic rings. The van der Waals surface area contributed by atoms with E-state index in [-0.39, 0.29) is 30.5 Å². The van der Waals surface area contributed by atoms with Gasteiger partial charge in [0, 0.05) is 24.9 Å². The molecule has 1 atom stereocenters. The number of hydrogen-bond acceptors (Lipinski definition) is 4.